The van der Waals surface area contributed by atoms with Crippen LogP contribution in [0.1, 0.15) is 31.7 Å². The van der Waals surface area contributed by atoms with Crippen molar-refractivity contribution in [1.82, 2.24) is 4.90 Å². The first kappa shape index (κ1) is 16.4. The molecule has 1 aliphatic heterocycles. The first-order valence-corrected chi connectivity index (χ1v) is 7.28. The molecule has 0 radical (unpaired) electrons. The van der Waals surface area contributed by atoms with Gasteiger partial charge in [-0.1, -0.05) is 19.9 Å². The molecule has 1 unspecified atom stereocenters. The molecular formula is C16H22FN3O2. The van der Waals surface area contributed by atoms with E-state index >= 15 is 0 Å². The van der Waals surface area contributed by atoms with Gasteiger partial charge >= 0.3 is 0 Å². The number of nitrogens with zero attached hydrogens (tertiary/aromatic N) is 1. The highest BCUT2D eigenvalue weighted by Gasteiger charge is 2.34. The zero-order valence-electron chi connectivity index (χ0n) is 13.1. The number of nitrogens with two attached hydrogens (primary N) is 1. The van der Waals surface area contributed by atoms with Crippen molar-refractivity contribution >= 4 is 17.5 Å². The summed E-state index contributed by atoms with van der Waals surface area (Å²) in [4.78, 5) is 26.1. The second kappa shape index (κ2) is 6.04. The van der Waals surface area contributed by atoms with Crippen LogP contribution in [0.15, 0.2) is 18.2 Å². The van der Waals surface area contributed by atoms with Crippen LogP contribution in [0.3, 0.4) is 0 Å². The van der Waals surface area contributed by atoms with Gasteiger partial charge in [-0.15, -0.1) is 0 Å². The minimum atomic E-state index is -0.581. The molecule has 2 rings (SSSR count). The second-order valence-electron chi connectivity index (χ2n) is 6.60. The Labute approximate surface area is 129 Å². The fourth-order valence-corrected chi connectivity index (χ4v) is 2.71. The van der Waals surface area contributed by atoms with Crippen LogP contribution in [-0.2, 0) is 9.59 Å². The van der Waals surface area contributed by atoms with Gasteiger partial charge in [0.05, 0.1) is 5.92 Å². The summed E-state index contributed by atoms with van der Waals surface area (Å²) in [5.74, 6) is -1.44. The van der Waals surface area contributed by atoms with Crippen molar-refractivity contribution in [1.29, 1.82) is 0 Å². The van der Waals surface area contributed by atoms with Crippen molar-refractivity contribution < 1.29 is 14.0 Å². The van der Waals surface area contributed by atoms with Gasteiger partial charge in [0.25, 0.3) is 0 Å². The van der Waals surface area contributed by atoms with Crippen molar-refractivity contribution in [3.63, 3.8) is 0 Å². The topological polar surface area (TPSA) is 75.4 Å². The Hall–Kier alpha value is -1.95. The molecule has 22 heavy (non-hydrogen) atoms. The molecule has 0 aliphatic carbocycles. The Kier molecular flexibility index (Phi) is 4.51. The van der Waals surface area contributed by atoms with Gasteiger partial charge in [0.15, 0.2) is 0 Å². The van der Waals surface area contributed by atoms with Crippen LogP contribution >= 0.6 is 0 Å². The molecule has 0 spiro atoms. The molecule has 3 N–H and O–H groups in total. The third-order valence-corrected chi connectivity index (χ3v) is 3.95. The summed E-state index contributed by atoms with van der Waals surface area (Å²) < 4.78 is 13.3. The first-order chi connectivity index (χ1) is 10.2. The minimum Gasteiger partial charge on any atom is -0.345 e. The van der Waals surface area contributed by atoms with E-state index < -0.39 is 11.7 Å². The van der Waals surface area contributed by atoms with E-state index in [-0.39, 0.29) is 23.7 Å². The van der Waals surface area contributed by atoms with Gasteiger partial charge in [0.2, 0.25) is 11.8 Å². The Balaban J connectivity index is 2.25. The zero-order valence-corrected chi connectivity index (χ0v) is 13.1. The molecule has 0 fully saturated rings. The highest BCUT2D eigenvalue weighted by molar-refractivity contribution is 6.01. The molecule has 5 nitrogen and oxygen atoms in total. The largest absolute Gasteiger partial charge is 0.345 e. The molecule has 1 aromatic carbocycles. The lowest BCUT2D eigenvalue weighted by atomic mass is 9.88. The quantitative estimate of drug-likeness (QED) is 0.889. The van der Waals surface area contributed by atoms with E-state index in [4.69, 9.17) is 5.73 Å². The van der Waals surface area contributed by atoms with Crippen LogP contribution in [0.25, 0.3) is 0 Å². The average molecular weight is 307 g/mol. The predicted molar refractivity (Wildman–Crippen MR) is 82.9 cm³/mol. The maximum absolute atomic E-state index is 13.3. The lowest BCUT2D eigenvalue weighted by Gasteiger charge is -2.33. The van der Waals surface area contributed by atoms with Crippen LogP contribution in [0.4, 0.5) is 10.1 Å². The molecule has 0 aromatic heterocycles. The summed E-state index contributed by atoms with van der Waals surface area (Å²) in [7, 11) is 1.70. The summed E-state index contributed by atoms with van der Waals surface area (Å²) in [5, 5.41) is 2.61. The number of fused-ring (bicyclic) bond motifs is 1. The minimum absolute atomic E-state index is 0.0743. The maximum atomic E-state index is 13.3. The molecule has 120 valence electrons. The van der Waals surface area contributed by atoms with Crippen molar-refractivity contribution in [3.8, 4) is 0 Å². The van der Waals surface area contributed by atoms with Gasteiger partial charge in [-0.3, -0.25) is 9.59 Å². The van der Waals surface area contributed by atoms with E-state index in [9.17, 15) is 14.0 Å². The van der Waals surface area contributed by atoms with E-state index in [1.807, 2.05) is 13.8 Å². The molecule has 0 saturated carbocycles. The highest BCUT2D eigenvalue weighted by Crippen LogP contribution is 2.34. The highest BCUT2D eigenvalue weighted by atomic mass is 19.1. The Morgan fingerprint density at radius 3 is 2.82 bits per heavy atom. The number of amides is 2. The van der Waals surface area contributed by atoms with Crippen molar-refractivity contribution in [3.05, 3.63) is 29.6 Å². The summed E-state index contributed by atoms with van der Waals surface area (Å²) in [6, 6.07) is 4.12. The maximum Gasteiger partial charge on any atom is 0.230 e. The number of carbonyl (C=O) groups excluding carboxylic acids is 2. The van der Waals surface area contributed by atoms with Crippen molar-refractivity contribution in [2.45, 2.75) is 26.2 Å². The Bertz CT molecular complexity index is 601. The average Bonchev–Trinajstić information content (AvgIpc) is 2.44. The molecule has 1 aromatic rings. The number of benzene rings is 1. The van der Waals surface area contributed by atoms with E-state index in [1.54, 1.807) is 18.0 Å². The number of hydrogen-bond donors (Lipinski definition) is 2. The molecule has 0 saturated heterocycles. The van der Waals surface area contributed by atoms with E-state index in [2.05, 4.69) is 5.32 Å². The standard InChI is InChI=1S/C16H22FN3O2/c1-16(2,8-18)9-20(3)15(22)12-7-14(21)19-13-6-10(17)4-5-11(12)13/h4-6,12H,7-9,18H2,1-3H3,(H,19,21). The number of anilines is 1. The summed E-state index contributed by atoms with van der Waals surface area (Å²) in [6.45, 7) is 4.91. The molecule has 2 amide bonds. The van der Waals surface area contributed by atoms with Gasteiger partial charge < -0.3 is 16.0 Å². The van der Waals surface area contributed by atoms with E-state index in [0.717, 1.165) is 0 Å². The molecule has 1 aliphatic rings. The number of likely N-dealkylation sites (N-methyl/N-ethyl adjacent to an activating group) is 1. The van der Waals surface area contributed by atoms with Crippen LogP contribution in [0.5, 0.6) is 0 Å². The molecule has 0 bridgehead atoms. The summed E-state index contributed by atoms with van der Waals surface area (Å²) in [6.07, 6.45) is 0.0743. The number of nitrogens with one attached hydrogen (secondary N) is 1. The first-order valence-electron chi connectivity index (χ1n) is 7.28. The number of carbonyl (C=O) groups is 2. The van der Waals surface area contributed by atoms with Crippen LogP contribution in [0, 0.1) is 11.2 Å². The van der Waals surface area contributed by atoms with Crippen LogP contribution < -0.4 is 11.1 Å². The second-order valence-corrected chi connectivity index (χ2v) is 6.60. The SMILES string of the molecule is CN(CC(C)(C)CN)C(=O)C1CC(=O)Nc2cc(F)ccc21. The molecule has 1 atom stereocenters. The monoisotopic (exact) mass is 307 g/mol. The fraction of sp³-hybridized carbons (Fsp3) is 0.500. The number of hydrogen-bond acceptors (Lipinski definition) is 3. The summed E-state index contributed by atoms with van der Waals surface area (Å²) >= 11 is 0. The van der Waals surface area contributed by atoms with Gasteiger partial charge in [-0.2, -0.15) is 0 Å². The normalized spacial score (nSPS) is 17.7. The van der Waals surface area contributed by atoms with Gasteiger partial charge in [-0.05, 0) is 29.7 Å². The van der Waals surface area contributed by atoms with Gasteiger partial charge in [0, 0.05) is 25.7 Å². The molecular weight excluding hydrogens is 285 g/mol. The summed E-state index contributed by atoms with van der Waals surface area (Å²) in [5.41, 5.74) is 6.54. The Morgan fingerprint density at radius 1 is 1.50 bits per heavy atom. The molecule has 6 heteroatoms. The van der Waals surface area contributed by atoms with Crippen molar-refractivity contribution in [2.24, 2.45) is 11.1 Å². The van der Waals surface area contributed by atoms with E-state index in [0.29, 0.717) is 24.3 Å². The van der Waals surface area contributed by atoms with Gasteiger partial charge in [0.1, 0.15) is 5.82 Å². The number of halogens is 1. The van der Waals surface area contributed by atoms with Gasteiger partial charge in [-0.25, -0.2) is 4.39 Å². The van der Waals surface area contributed by atoms with Crippen LogP contribution in [-0.4, -0.2) is 36.9 Å². The lowest BCUT2D eigenvalue weighted by Crippen LogP contribution is -2.43. The van der Waals surface area contributed by atoms with E-state index in [1.165, 1.54) is 12.1 Å². The lowest BCUT2D eigenvalue weighted by molar-refractivity contribution is -0.134. The predicted octanol–water partition coefficient (Wildman–Crippen LogP) is 1.69. The smallest absolute Gasteiger partial charge is 0.230 e. The number of rotatable bonds is 4. The van der Waals surface area contributed by atoms with Crippen LogP contribution in [0.2, 0.25) is 0 Å². The third-order valence-electron chi connectivity index (χ3n) is 3.95. The third kappa shape index (κ3) is 3.44. The Morgan fingerprint density at radius 2 is 2.18 bits per heavy atom. The zero-order chi connectivity index (χ0) is 16.5. The molecule has 1 heterocycles. The van der Waals surface area contributed by atoms with Crippen molar-refractivity contribution in [2.75, 3.05) is 25.5 Å². The fourth-order valence-electron chi connectivity index (χ4n) is 2.71.